The van der Waals surface area contributed by atoms with Crippen molar-refractivity contribution in [1.82, 2.24) is 0 Å². The molecule has 98 valence electrons. The first-order valence-electron chi connectivity index (χ1n) is 7.44. The number of nitrogens with zero attached hydrogens (tertiary/aromatic N) is 1. The minimum atomic E-state index is -0.346. The Balaban J connectivity index is 2.92. The van der Waals surface area contributed by atoms with Gasteiger partial charge in [-0.3, -0.25) is 0 Å². The van der Waals surface area contributed by atoms with E-state index >= 15 is 0 Å². The average Bonchev–Trinajstić information content (AvgIpc) is 2.20. The molecule has 0 aromatic rings. The molecule has 2 nitrogen and oxygen atoms in total. The highest BCUT2D eigenvalue weighted by Crippen LogP contribution is 2.30. The van der Waals surface area contributed by atoms with E-state index in [-0.39, 0.29) is 23.0 Å². The van der Waals surface area contributed by atoms with E-state index in [2.05, 4.69) is 46.7 Å². The normalized spacial score (nSPS) is 24.0. The maximum Gasteiger partial charge on any atom is 0.145 e. The summed E-state index contributed by atoms with van der Waals surface area (Å²) in [6.45, 7) is 12.7. The summed E-state index contributed by atoms with van der Waals surface area (Å²) in [6.07, 6.45) is 2.03. The van der Waals surface area contributed by atoms with Crippen LogP contribution >= 0.6 is 0 Å². The Morgan fingerprint density at radius 2 is 1.82 bits per heavy atom. The van der Waals surface area contributed by atoms with Crippen LogP contribution in [0, 0.1) is 10.8 Å². The van der Waals surface area contributed by atoms with Gasteiger partial charge in [0.05, 0.1) is 8.45 Å². The maximum atomic E-state index is 7.89. The van der Waals surface area contributed by atoms with Gasteiger partial charge in [0.1, 0.15) is 6.10 Å². The lowest BCUT2D eigenvalue weighted by Crippen LogP contribution is -2.33. The van der Waals surface area contributed by atoms with E-state index in [1.807, 2.05) is 0 Å². The molecule has 0 heterocycles. The van der Waals surface area contributed by atoms with Gasteiger partial charge in [-0.15, -0.1) is 0 Å². The fourth-order valence-corrected chi connectivity index (χ4v) is 2.23. The second-order valence-electron chi connectivity index (χ2n) is 6.75. The lowest BCUT2D eigenvalue weighted by molar-refractivity contribution is 0.0773. The van der Waals surface area contributed by atoms with Crippen LogP contribution in [0.3, 0.4) is 0 Å². The summed E-state index contributed by atoms with van der Waals surface area (Å²) < 4.78 is 15.6. The van der Waals surface area contributed by atoms with E-state index < -0.39 is 0 Å². The van der Waals surface area contributed by atoms with E-state index in [1.165, 1.54) is 0 Å². The van der Waals surface area contributed by atoms with Gasteiger partial charge in [0.25, 0.3) is 0 Å². The van der Waals surface area contributed by atoms with Crippen LogP contribution in [0.4, 0.5) is 0 Å². The summed E-state index contributed by atoms with van der Waals surface area (Å²) >= 11 is 0. The van der Waals surface area contributed by atoms with Gasteiger partial charge in [-0.05, 0) is 25.3 Å². The van der Waals surface area contributed by atoms with Crippen molar-refractivity contribution in [2.75, 3.05) is 0 Å². The van der Waals surface area contributed by atoms with Crippen molar-refractivity contribution in [1.29, 1.82) is 0 Å². The van der Waals surface area contributed by atoms with Crippen molar-refractivity contribution in [2.45, 2.75) is 66.9 Å². The summed E-state index contributed by atoms with van der Waals surface area (Å²) in [7, 11) is 0. The zero-order chi connectivity index (χ0) is 14.8. The smallest absolute Gasteiger partial charge is 0.145 e. The SMILES string of the molecule is [2H]C1=C([2H])C(ON=C(C(C)(C)C)C(C)(C)C)CCC1. The van der Waals surface area contributed by atoms with Gasteiger partial charge in [-0.1, -0.05) is 52.8 Å². The summed E-state index contributed by atoms with van der Waals surface area (Å²) in [5.41, 5.74) is 0.857. The summed E-state index contributed by atoms with van der Waals surface area (Å²) in [4.78, 5) is 5.60. The number of allylic oxidation sites excluding steroid dienone is 1. The predicted octanol–water partition coefficient (Wildman–Crippen LogP) is 4.56. The molecule has 0 spiro atoms. The molecule has 0 fully saturated rings. The molecule has 0 radical (unpaired) electrons. The largest absolute Gasteiger partial charge is 0.388 e. The number of rotatable bonds is 2. The Bertz CT molecular complexity index is 370. The monoisotopic (exact) mass is 239 g/mol. The zero-order valence-electron chi connectivity index (χ0n) is 14.1. The van der Waals surface area contributed by atoms with Gasteiger partial charge in [0.15, 0.2) is 0 Å². The highest BCUT2D eigenvalue weighted by atomic mass is 16.6. The first kappa shape index (κ1) is 11.3. The van der Waals surface area contributed by atoms with Crippen LogP contribution in [0.2, 0.25) is 0 Å². The molecule has 0 bridgehead atoms. The first-order chi connectivity index (χ1) is 8.53. The first-order valence-corrected chi connectivity index (χ1v) is 6.44. The Labute approximate surface area is 109 Å². The lowest BCUT2D eigenvalue weighted by atomic mass is 9.75. The fraction of sp³-hybridized carbons (Fsp3) is 0.800. The molecule has 0 aliphatic heterocycles. The van der Waals surface area contributed by atoms with E-state index in [0.29, 0.717) is 12.5 Å². The third kappa shape index (κ3) is 4.53. The van der Waals surface area contributed by atoms with Crippen molar-refractivity contribution >= 4 is 5.71 Å². The highest BCUT2D eigenvalue weighted by Gasteiger charge is 2.31. The van der Waals surface area contributed by atoms with Crippen molar-refractivity contribution in [2.24, 2.45) is 16.0 Å². The number of hydrogen-bond acceptors (Lipinski definition) is 2. The van der Waals surface area contributed by atoms with Crippen LogP contribution in [0.1, 0.15) is 63.5 Å². The van der Waals surface area contributed by atoms with E-state index in [4.69, 9.17) is 7.58 Å². The second kappa shape index (κ2) is 5.24. The van der Waals surface area contributed by atoms with Crippen molar-refractivity contribution in [3.63, 3.8) is 0 Å². The molecule has 1 aliphatic carbocycles. The van der Waals surface area contributed by atoms with Crippen molar-refractivity contribution in [3.8, 4) is 0 Å². The minimum Gasteiger partial charge on any atom is -0.388 e. The average molecular weight is 239 g/mol. The van der Waals surface area contributed by atoms with Gasteiger partial charge >= 0.3 is 0 Å². The van der Waals surface area contributed by atoms with E-state index in [0.717, 1.165) is 18.6 Å². The van der Waals surface area contributed by atoms with Crippen molar-refractivity contribution < 1.29 is 7.58 Å². The predicted molar refractivity (Wildman–Crippen MR) is 74.2 cm³/mol. The topological polar surface area (TPSA) is 21.6 Å². The molecular weight excluding hydrogens is 210 g/mol. The van der Waals surface area contributed by atoms with E-state index in [1.54, 1.807) is 0 Å². The molecular formula is C15H27NO. The lowest BCUT2D eigenvalue weighted by Gasteiger charge is -2.31. The number of hydrogen-bond donors (Lipinski definition) is 0. The second-order valence-corrected chi connectivity index (χ2v) is 6.75. The van der Waals surface area contributed by atoms with Crippen LogP contribution < -0.4 is 0 Å². The quantitative estimate of drug-likeness (QED) is 0.393. The summed E-state index contributed by atoms with van der Waals surface area (Å²) in [5.74, 6) is 0. The molecule has 1 unspecified atom stereocenters. The molecule has 0 aromatic heterocycles. The van der Waals surface area contributed by atoms with Crippen LogP contribution in [-0.2, 0) is 4.84 Å². The van der Waals surface area contributed by atoms with Gasteiger partial charge in [0.2, 0.25) is 0 Å². The Morgan fingerprint density at radius 1 is 1.24 bits per heavy atom. The molecule has 0 amide bonds. The minimum absolute atomic E-state index is 0.0668. The molecule has 0 saturated heterocycles. The Morgan fingerprint density at radius 3 is 2.35 bits per heavy atom. The summed E-state index contributed by atoms with van der Waals surface area (Å²) in [6, 6.07) is 0.677. The fourth-order valence-electron chi connectivity index (χ4n) is 2.23. The molecule has 0 N–H and O–H groups in total. The van der Waals surface area contributed by atoms with Crippen LogP contribution in [-0.4, -0.2) is 11.8 Å². The third-order valence-corrected chi connectivity index (χ3v) is 2.72. The maximum absolute atomic E-state index is 7.89. The Hall–Kier alpha value is -0.790. The standard InChI is InChI=1S/C15H27NO/c1-14(2,3)13(15(4,5)6)16-17-12-10-8-7-9-11-12/h8,10,12H,7,9,11H2,1-6H3/i8D,10D. The summed E-state index contributed by atoms with van der Waals surface area (Å²) in [5, 5.41) is 4.35. The molecule has 1 atom stereocenters. The molecule has 0 saturated carbocycles. The van der Waals surface area contributed by atoms with Gasteiger partial charge < -0.3 is 4.84 Å². The van der Waals surface area contributed by atoms with Crippen LogP contribution in [0.25, 0.3) is 0 Å². The van der Waals surface area contributed by atoms with Crippen LogP contribution in [0.5, 0.6) is 0 Å². The third-order valence-electron chi connectivity index (χ3n) is 2.72. The zero-order valence-corrected chi connectivity index (χ0v) is 12.1. The van der Waals surface area contributed by atoms with Gasteiger partial charge in [0, 0.05) is 10.8 Å². The molecule has 2 heteroatoms. The molecule has 0 aromatic carbocycles. The Kier molecular flexibility index (Phi) is 3.49. The molecule has 1 aliphatic rings. The van der Waals surface area contributed by atoms with Gasteiger partial charge in [-0.25, -0.2) is 0 Å². The van der Waals surface area contributed by atoms with Crippen molar-refractivity contribution in [3.05, 3.63) is 12.1 Å². The van der Waals surface area contributed by atoms with E-state index in [9.17, 15) is 0 Å². The highest BCUT2D eigenvalue weighted by molar-refractivity contribution is 5.93. The van der Waals surface area contributed by atoms with Crippen LogP contribution in [0.15, 0.2) is 17.3 Å². The molecule has 17 heavy (non-hydrogen) atoms. The molecule has 1 rings (SSSR count). The van der Waals surface area contributed by atoms with Gasteiger partial charge in [-0.2, -0.15) is 0 Å². The number of oxime groups is 1.